The molecule has 4 aromatic rings. The quantitative estimate of drug-likeness (QED) is 0.471. The smallest absolute Gasteiger partial charge is 0.234 e. The highest BCUT2D eigenvalue weighted by Crippen LogP contribution is 2.23. The number of anilines is 1. The largest absolute Gasteiger partial charge is 0.494 e. The number of rotatable bonds is 7. The van der Waals surface area contributed by atoms with Gasteiger partial charge in [-0.25, -0.2) is 0 Å². The van der Waals surface area contributed by atoms with Crippen molar-refractivity contribution in [3.8, 4) is 17.1 Å². The number of nitrogens with one attached hydrogen (secondary N) is 1. The predicted molar refractivity (Wildman–Crippen MR) is 111 cm³/mol. The minimum atomic E-state index is -0.125. The van der Waals surface area contributed by atoms with E-state index in [1.807, 2.05) is 43.3 Å². The Morgan fingerprint density at radius 2 is 2.00 bits per heavy atom. The zero-order valence-electron chi connectivity index (χ0n) is 15.6. The van der Waals surface area contributed by atoms with Crippen LogP contribution < -0.4 is 10.1 Å². The van der Waals surface area contributed by atoms with Gasteiger partial charge in [-0.3, -0.25) is 9.78 Å². The Morgan fingerprint density at radius 3 is 2.76 bits per heavy atom. The Labute approximate surface area is 171 Å². The van der Waals surface area contributed by atoms with Crippen LogP contribution in [0.25, 0.3) is 17.0 Å². The van der Waals surface area contributed by atoms with Gasteiger partial charge in [0, 0.05) is 11.8 Å². The third kappa shape index (κ3) is 4.52. The van der Waals surface area contributed by atoms with E-state index in [-0.39, 0.29) is 11.7 Å². The van der Waals surface area contributed by atoms with E-state index in [0.29, 0.717) is 28.8 Å². The number of hydrogen-bond acceptors (Lipinski definition) is 7. The number of benzene rings is 1. The van der Waals surface area contributed by atoms with Crippen molar-refractivity contribution in [1.82, 2.24) is 24.8 Å². The first-order valence-electron chi connectivity index (χ1n) is 9.01. The summed E-state index contributed by atoms with van der Waals surface area (Å²) in [4.78, 5) is 16.1. The maximum atomic E-state index is 12.1. The Morgan fingerprint density at radius 1 is 1.14 bits per heavy atom. The van der Waals surface area contributed by atoms with Gasteiger partial charge in [0.25, 0.3) is 0 Å². The van der Waals surface area contributed by atoms with Crippen LogP contribution in [0.1, 0.15) is 6.92 Å². The summed E-state index contributed by atoms with van der Waals surface area (Å²) in [6.07, 6.45) is 3.26. The van der Waals surface area contributed by atoms with E-state index in [1.54, 1.807) is 29.0 Å². The molecule has 0 fully saturated rings. The minimum Gasteiger partial charge on any atom is -0.494 e. The van der Waals surface area contributed by atoms with E-state index < -0.39 is 0 Å². The first-order valence-corrected chi connectivity index (χ1v) is 10.00. The molecule has 0 aliphatic heterocycles. The fraction of sp³-hybridized carbons (Fsp3) is 0.150. The molecule has 0 spiro atoms. The van der Waals surface area contributed by atoms with E-state index >= 15 is 0 Å². The average molecular weight is 406 g/mol. The predicted octanol–water partition coefficient (Wildman–Crippen LogP) is 3.32. The van der Waals surface area contributed by atoms with E-state index in [2.05, 4.69) is 25.6 Å². The molecule has 146 valence electrons. The van der Waals surface area contributed by atoms with Crippen molar-refractivity contribution in [2.45, 2.75) is 11.9 Å². The van der Waals surface area contributed by atoms with Gasteiger partial charge in [-0.15, -0.1) is 10.2 Å². The highest BCUT2D eigenvalue weighted by atomic mass is 32.2. The van der Waals surface area contributed by atoms with Crippen LogP contribution in [0.2, 0.25) is 0 Å². The third-order valence-corrected chi connectivity index (χ3v) is 4.88. The minimum absolute atomic E-state index is 0.125. The summed E-state index contributed by atoms with van der Waals surface area (Å²) in [6.45, 7) is 2.56. The van der Waals surface area contributed by atoms with Crippen molar-refractivity contribution in [3.63, 3.8) is 0 Å². The summed E-state index contributed by atoms with van der Waals surface area (Å²) < 4.78 is 7.16. The SMILES string of the molecule is CCOc1ccc(-c2nnc3ccc(SCC(=O)Nc4cccnc4)nn23)cc1. The lowest BCUT2D eigenvalue weighted by Gasteiger charge is -2.06. The van der Waals surface area contributed by atoms with Crippen LogP contribution in [0.3, 0.4) is 0 Å². The van der Waals surface area contributed by atoms with Gasteiger partial charge in [-0.1, -0.05) is 11.8 Å². The second kappa shape index (κ2) is 8.70. The molecule has 0 aliphatic carbocycles. The monoisotopic (exact) mass is 406 g/mol. The molecule has 3 aromatic heterocycles. The van der Waals surface area contributed by atoms with Crippen LogP contribution in [0.4, 0.5) is 5.69 Å². The molecular formula is C20H18N6O2S. The van der Waals surface area contributed by atoms with Gasteiger partial charge in [0.05, 0.1) is 24.2 Å². The molecule has 1 amide bonds. The molecule has 29 heavy (non-hydrogen) atoms. The Hall–Kier alpha value is -3.46. The van der Waals surface area contributed by atoms with Crippen LogP contribution in [0.15, 0.2) is 66.0 Å². The summed E-state index contributed by atoms with van der Waals surface area (Å²) in [5.41, 5.74) is 2.18. The van der Waals surface area contributed by atoms with Gasteiger partial charge in [0.2, 0.25) is 5.91 Å². The van der Waals surface area contributed by atoms with Crippen LogP contribution in [-0.4, -0.2) is 43.1 Å². The van der Waals surface area contributed by atoms with Gasteiger partial charge in [-0.2, -0.15) is 9.61 Å². The second-order valence-electron chi connectivity index (χ2n) is 6.00. The first kappa shape index (κ1) is 18.9. The molecule has 1 aromatic carbocycles. The maximum absolute atomic E-state index is 12.1. The zero-order chi connectivity index (χ0) is 20.1. The highest BCUT2D eigenvalue weighted by molar-refractivity contribution is 7.99. The molecule has 0 atom stereocenters. The van der Waals surface area contributed by atoms with Gasteiger partial charge >= 0.3 is 0 Å². The normalized spacial score (nSPS) is 10.8. The molecule has 0 saturated carbocycles. The van der Waals surface area contributed by atoms with Gasteiger partial charge in [0.1, 0.15) is 10.8 Å². The number of hydrogen-bond donors (Lipinski definition) is 1. The average Bonchev–Trinajstić information content (AvgIpc) is 3.17. The fourth-order valence-electron chi connectivity index (χ4n) is 2.67. The number of pyridine rings is 1. The molecule has 0 aliphatic rings. The summed E-state index contributed by atoms with van der Waals surface area (Å²) in [5.74, 6) is 1.54. The highest BCUT2D eigenvalue weighted by Gasteiger charge is 2.11. The number of amides is 1. The van der Waals surface area contributed by atoms with Gasteiger partial charge in [-0.05, 0) is 55.5 Å². The maximum Gasteiger partial charge on any atom is 0.234 e. The summed E-state index contributed by atoms with van der Waals surface area (Å²) in [6, 6.07) is 14.8. The number of nitrogens with zero attached hydrogens (tertiary/aromatic N) is 5. The lowest BCUT2D eigenvalue weighted by atomic mass is 10.2. The molecule has 0 bridgehead atoms. The lowest BCUT2D eigenvalue weighted by Crippen LogP contribution is -2.14. The number of carbonyl (C=O) groups is 1. The van der Waals surface area contributed by atoms with Crippen LogP contribution >= 0.6 is 11.8 Å². The van der Waals surface area contributed by atoms with Gasteiger partial charge < -0.3 is 10.1 Å². The number of carbonyl (C=O) groups excluding carboxylic acids is 1. The molecule has 9 heteroatoms. The van der Waals surface area contributed by atoms with Crippen LogP contribution in [-0.2, 0) is 4.79 Å². The van der Waals surface area contributed by atoms with E-state index in [9.17, 15) is 4.79 Å². The van der Waals surface area contributed by atoms with Crippen molar-refractivity contribution in [2.24, 2.45) is 0 Å². The topological polar surface area (TPSA) is 94.3 Å². The summed E-state index contributed by atoms with van der Waals surface area (Å²) >= 11 is 1.34. The number of ether oxygens (including phenoxy) is 1. The van der Waals surface area contributed by atoms with Crippen molar-refractivity contribution in [1.29, 1.82) is 0 Å². The van der Waals surface area contributed by atoms with Crippen molar-refractivity contribution in [3.05, 3.63) is 60.9 Å². The number of fused-ring (bicyclic) bond motifs is 1. The number of thioether (sulfide) groups is 1. The van der Waals surface area contributed by atoms with Gasteiger partial charge in [0.15, 0.2) is 11.5 Å². The molecule has 3 heterocycles. The molecule has 0 radical (unpaired) electrons. The molecule has 4 rings (SSSR count). The standard InChI is InChI=1S/C20H18N6O2S/c1-2-28-16-7-5-14(6-8-16)20-24-23-17-9-10-19(25-26(17)20)29-13-18(27)22-15-4-3-11-21-12-15/h3-12H,2,13H2,1H3,(H,22,27). The Kier molecular flexibility index (Phi) is 5.66. The van der Waals surface area contributed by atoms with E-state index in [1.165, 1.54) is 11.8 Å². The van der Waals surface area contributed by atoms with Crippen molar-refractivity contribution < 1.29 is 9.53 Å². The van der Waals surface area contributed by atoms with Crippen molar-refractivity contribution in [2.75, 3.05) is 17.7 Å². The molecule has 0 unspecified atom stereocenters. The summed E-state index contributed by atoms with van der Waals surface area (Å²) in [5, 5.41) is 16.5. The molecular weight excluding hydrogens is 388 g/mol. The first-order chi connectivity index (χ1) is 14.2. The second-order valence-corrected chi connectivity index (χ2v) is 7.00. The fourth-order valence-corrected chi connectivity index (χ4v) is 3.32. The lowest BCUT2D eigenvalue weighted by molar-refractivity contribution is -0.113. The number of aromatic nitrogens is 5. The third-order valence-electron chi connectivity index (χ3n) is 3.96. The van der Waals surface area contributed by atoms with Crippen LogP contribution in [0, 0.1) is 0 Å². The molecule has 1 N–H and O–H groups in total. The summed E-state index contributed by atoms with van der Waals surface area (Å²) in [7, 11) is 0. The Bertz CT molecular complexity index is 1110. The van der Waals surface area contributed by atoms with E-state index in [4.69, 9.17) is 4.74 Å². The van der Waals surface area contributed by atoms with Crippen molar-refractivity contribution >= 4 is 29.0 Å². The van der Waals surface area contributed by atoms with Crippen LogP contribution in [0.5, 0.6) is 5.75 Å². The molecule has 8 nitrogen and oxygen atoms in total. The zero-order valence-corrected chi connectivity index (χ0v) is 16.5. The van der Waals surface area contributed by atoms with E-state index in [0.717, 1.165) is 11.3 Å². The molecule has 0 saturated heterocycles. The Balaban J connectivity index is 1.48.